The molecule has 0 aliphatic carbocycles. The number of anilines is 1. The van der Waals surface area contributed by atoms with Crippen molar-refractivity contribution in [1.82, 2.24) is 9.88 Å². The minimum atomic E-state index is 0.0658. The third-order valence-corrected chi connectivity index (χ3v) is 4.58. The fraction of sp³-hybridized carbons (Fsp3) is 0.368. The van der Waals surface area contributed by atoms with E-state index < -0.39 is 0 Å². The van der Waals surface area contributed by atoms with E-state index in [0.717, 1.165) is 15.9 Å². The van der Waals surface area contributed by atoms with Gasteiger partial charge in [-0.1, -0.05) is 12.1 Å². The Kier molecular flexibility index (Phi) is 5.71. The summed E-state index contributed by atoms with van der Waals surface area (Å²) in [6.45, 7) is 5.94. The van der Waals surface area contributed by atoms with Crippen molar-refractivity contribution in [2.75, 3.05) is 18.4 Å². The van der Waals surface area contributed by atoms with Crippen molar-refractivity contribution in [2.45, 2.75) is 32.6 Å². The van der Waals surface area contributed by atoms with Crippen molar-refractivity contribution in [3.63, 3.8) is 0 Å². The number of carbonyl (C=O) groups excluding carboxylic acids is 1. The number of halogens is 1. The van der Waals surface area contributed by atoms with Crippen molar-refractivity contribution in [2.24, 2.45) is 0 Å². The van der Waals surface area contributed by atoms with Crippen LogP contribution in [0.15, 0.2) is 47.1 Å². The van der Waals surface area contributed by atoms with E-state index in [0.29, 0.717) is 25.2 Å². The van der Waals surface area contributed by atoms with Gasteiger partial charge in [0.15, 0.2) is 0 Å². The van der Waals surface area contributed by atoms with Gasteiger partial charge in [-0.2, -0.15) is 0 Å². The minimum Gasteiger partial charge on any atom is -0.372 e. The van der Waals surface area contributed by atoms with Crippen LogP contribution in [0.3, 0.4) is 0 Å². The molecule has 2 unspecified atom stereocenters. The van der Waals surface area contributed by atoms with Crippen LogP contribution >= 0.6 is 15.9 Å². The molecular weight excluding hydrogens is 382 g/mol. The molecule has 25 heavy (non-hydrogen) atoms. The number of aromatic nitrogens is 1. The first-order valence-electron chi connectivity index (χ1n) is 8.40. The van der Waals surface area contributed by atoms with Crippen molar-refractivity contribution in [3.8, 4) is 0 Å². The van der Waals surface area contributed by atoms with Crippen LogP contribution < -0.4 is 5.32 Å². The molecule has 3 rings (SSSR count). The predicted octanol–water partition coefficient (Wildman–Crippen LogP) is 3.71. The molecular formula is C19H22BrN3O2. The van der Waals surface area contributed by atoms with Crippen molar-refractivity contribution < 1.29 is 9.53 Å². The molecule has 132 valence electrons. The van der Waals surface area contributed by atoms with Gasteiger partial charge in [-0.15, -0.1) is 0 Å². The van der Waals surface area contributed by atoms with Gasteiger partial charge in [-0.05, 0) is 59.6 Å². The molecule has 1 aromatic heterocycles. The summed E-state index contributed by atoms with van der Waals surface area (Å²) in [6, 6.07) is 11.6. The lowest BCUT2D eigenvalue weighted by atomic mass is 10.1. The Morgan fingerprint density at radius 3 is 2.48 bits per heavy atom. The highest BCUT2D eigenvalue weighted by Crippen LogP contribution is 2.16. The summed E-state index contributed by atoms with van der Waals surface area (Å²) in [7, 11) is 0. The number of nitrogens with zero attached hydrogens (tertiary/aromatic N) is 2. The summed E-state index contributed by atoms with van der Waals surface area (Å²) in [5, 5.41) is 3.27. The van der Waals surface area contributed by atoms with E-state index in [-0.39, 0.29) is 18.1 Å². The van der Waals surface area contributed by atoms with E-state index in [1.54, 1.807) is 6.20 Å². The molecule has 6 heteroatoms. The summed E-state index contributed by atoms with van der Waals surface area (Å²) < 4.78 is 6.64. The second-order valence-corrected chi connectivity index (χ2v) is 7.30. The molecule has 1 aliphatic heterocycles. The first-order chi connectivity index (χ1) is 12.0. The van der Waals surface area contributed by atoms with Gasteiger partial charge in [0.1, 0.15) is 5.82 Å². The fourth-order valence-corrected chi connectivity index (χ4v) is 3.20. The molecule has 1 aromatic carbocycles. The number of hydrogen-bond acceptors (Lipinski definition) is 4. The van der Waals surface area contributed by atoms with Gasteiger partial charge in [0.25, 0.3) is 5.91 Å². The van der Waals surface area contributed by atoms with Gasteiger partial charge in [0.2, 0.25) is 0 Å². The number of pyridine rings is 1. The largest absolute Gasteiger partial charge is 0.372 e. The summed E-state index contributed by atoms with van der Waals surface area (Å²) in [5.41, 5.74) is 1.82. The smallest absolute Gasteiger partial charge is 0.254 e. The lowest BCUT2D eigenvalue weighted by molar-refractivity contribution is -0.0586. The number of hydrogen-bond donors (Lipinski definition) is 1. The molecule has 2 heterocycles. The molecule has 0 bridgehead atoms. The molecule has 2 atom stereocenters. The number of morpholine rings is 1. The van der Waals surface area contributed by atoms with Gasteiger partial charge in [0.05, 0.1) is 12.2 Å². The van der Waals surface area contributed by atoms with Gasteiger partial charge >= 0.3 is 0 Å². The molecule has 1 aliphatic rings. The van der Waals surface area contributed by atoms with Crippen LogP contribution in [0.4, 0.5) is 5.82 Å². The number of rotatable bonds is 4. The van der Waals surface area contributed by atoms with Gasteiger partial charge in [-0.25, -0.2) is 4.98 Å². The molecule has 1 amide bonds. The molecule has 2 aromatic rings. The van der Waals surface area contributed by atoms with Crippen LogP contribution in [-0.2, 0) is 11.3 Å². The second-order valence-electron chi connectivity index (χ2n) is 6.38. The van der Waals surface area contributed by atoms with E-state index in [1.807, 2.05) is 55.1 Å². The molecule has 1 fully saturated rings. The van der Waals surface area contributed by atoms with E-state index in [2.05, 4.69) is 26.2 Å². The Hall–Kier alpha value is -1.92. The second kappa shape index (κ2) is 7.97. The summed E-state index contributed by atoms with van der Waals surface area (Å²) in [4.78, 5) is 18.8. The number of carbonyl (C=O) groups is 1. The minimum absolute atomic E-state index is 0.0658. The highest BCUT2D eigenvalue weighted by Gasteiger charge is 2.26. The first kappa shape index (κ1) is 17.9. The van der Waals surface area contributed by atoms with Crippen molar-refractivity contribution in [3.05, 3.63) is 58.2 Å². The predicted molar refractivity (Wildman–Crippen MR) is 102 cm³/mol. The third-order valence-electron chi connectivity index (χ3n) is 4.11. The van der Waals surface area contributed by atoms with Crippen LogP contribution in [-0.4, -0.2) is 41.1 Å². The van der Waals surface area contributed by atoms with Crippen molar-refractivity contribution in [1.29, 1.82) is 0 Å². The van der Waals surface area contributed by atoms with Crippen LogP contribution in [0.5, 0.6) is 0 Å². The van der Waals surface area contributed by atoms with Crippen LogP contribution in [0, 0.1) is 0 Å². The Morgan fingerprint density at radius 1 is 1.20 bits per heavy atom. The summed E-state index contributed by atoms with van der Waals surface area (Å²) in [6.07, 6.45) is 1.91. The zero-order chi connectivity index (χ0) is 17.8. The summed E-state index contributed by atoms with van der Waals surface area (Å²) >= 11 is 3.37. The Morgan fingerprint density at radius 2 is 1.88 bits per heavy atom. The Labute approximate surface area is 156 Å². The summed E-state index contributed by atoms with van der Waals surface area (Å²) in [5.74, 6) is 0.885. The average Bonchev–Trinajstić information content (AvgIpc) is 2.60. The Bertz CT molecular complexity index is 708. The zero-order valence-electron chi connectivity index (χ0n) is 14.4. The molecule has 1 N–H and O–H groups in total. The maximum atomic E-state index is 12.7. The molecule has 0 radical (unpaired) electrons. The van der Waals surface area contributed by atoms with Crippen LogP contribution in [0.2, 0.25) is 0 Å². The monoisotopic (exact) mass is 403 g/mol. The van der Waals surface area contributed by atoms with Crippen molar-refractivity contribution >= 4 is 27.7 Å². The van der Waals surface area contributed by atoms with Gasteiger partial charge in [-0.3, -0.25) is 4.79 Å². The van der Waals surface area contributed by atoms with Gasteiger partial charge in [0, 0.05) is 35.9 Å². The molecule has 0 spiro atoms. The Balaban J connectivity index is 1.59. The highest BCUT2D eigenvalue weighted by atomic mass is 79.9. The van der Waals surface area contributed by atoms with E-state index in [4.69, 9.17) is 4.74 Å². The molecule has 1 saturated heterocycles. The van der Waals surface area contributed by atoms with E-state index in [1.165, 1.54) is 0 Å². The number of benzene rings is 1. The first-order valence-corrected chi connectivity index (χ1v) is 9.19. The quantitative estimate of drug-likeness (QED) is 0.845. The van der Waals surface area contributed by atoms with Crippen LogP contribution in [0.1, 0.15) is 29.8 Å². The van der Waals surface area contributed by atoms with Gasteiger partial charge < -0.3 is 15.0 Å². The van der Waals surface area contributed by atoms with Crippen LogP contribution in [0.25, 0.3) is 0 Å². The number of amides is 1. The normalized spacial score (nSPS) is 20.4. The standard InChI is InChI=1S/C19H22BrN3O2/c1-13-11-23(12-14(2)25-13)19(24)16-5-3-15(4-6-16)9-21-18-8-7-17(20)10-22-18/h3-8,10,13-14H,9,11-12H2,1-2H3,(H,21,22). The topological polar surface area (TPSA) is 54.5 Å². The molecule has 5 nitrogen and oxygen atoms in total. The lowest BCUT2D eigenvalue weighted by Gasteiger charge is -2.35. The third kappa shape index (κ3) is 4.80. The average molecular weight is 404 g/mol. The lowest BCUT2D eigenvalue weighted by Crippen LogP contribution is -2.48. The maximum Gasteiger partial charge on any atom is 0.254 e. The highest BCUT2D eigenvalue weighted by molar-refractivity contribution is 9.10. The zero-order valence-corrected chi connectivity index (χ0v) is 16.0. The maximum absolute atomic E-state index is 12.7. The molecule has 0 saturated carbocycles. The fourth-order valence-electron chi connectivity index (χ4n) is 2.96. The number of ether oxygens (including phenoxy) is 1. The SMILES string of the molecule is CC1CN(C(=O)c2ccc(CNc3ccc(Br)cn3)cc2)CC(C)O1. The van der Waals surface area contributed by atoms with E-state index in [9.17, 15) is 4.79 Å². The van der Waals surface area contributed by atoms with E-state index >= 15 is 0 Å². The number of nitrogens with one attached hydrogen (secondary N) is 1.